The zero-order valence-corrected chi connectivity index (χ0v) is 36.6. The van der Waals surface area contributed by atoms with Gasteiger partial charge in [0.1, 0.15) is 55.9 Å². The molecule has 0 radical (unpaired) electrons. The molecule has 0 saturated carbocycles. The Labute approximate surface area is 359 Å². The van der Waals surface area contributed by atoms with Crippen LogP contribution in [0.1, 0.15) is 64.9 Å². The van der Waals surface area contributed by atoms with Crippen molar-refractivity contribution in [2.24, 2.45) is 5.92 Å². The van der Waals surface area contributed by atoms with E-state index in [4.69, 9.17) is 28.1 Å². The maximum atomic E-state index is 11.9. The fraction of sp³-hybridized carbons (Fsp3) is 0.447. The second-order valence-electron chi connectivity index (χ2n) is 16.1. The molecule has 2 heterocycles. The van der Waals surface area contributed by atoms with Crippen molar-refractivity contribution in [1.82, 2.24) is 0 Å². The van der Waals surface area contributed by atoms with Gasteiger partial charge in [-0.3, -0.25) is 0 Å². The van der Waals surface area contributed by atoms with Gasteiger partial charge >= 0.3 is 12.3 Å². The van der Waals surface area contributed by atoms with Crippen LogP contribution in [0.5, 0.6) is 0 Å². The smallest absolute Gasteiger partial charge is 0.435 e. The Morgan fingerprint density at radius 3 is 1.41 bits per heavy atom. The number of ether oxygens (including phenoxy) is 6. The van der Waals surface area contributed by atoms with E-state index in [1.54, 1.807) is 38.1 Å². The normalized spacial score (nSPS) is 26.5. The van der Waals surface area contributed by atoms with Gasteiger partial charge in [-0.05, 0) is 40.4 Å². The number of hydrogen-bond acceptors (Lipinski definition) is 13. The molecule has 13 nitrogen and oxygen atoms in total. The van der Waals surface area contributed by atoms with Crippen LogP contribution in [0.15, 0.2) is 121 Å². The molecule has 4 N–H and O–H groups in total. The Hall–Kier alpha value is -4.64. The molecule has 2 saturated heterocycles. The van der Waals surface area contributed by atoms with Crippen LogP contribution in [0, 0.1) is 5.92 Å². The number of aliphatic hydroxyl groups excluding tert-OH is 4. The molecule has 61 heavy (non-hydrogen) atoms. The SMILES string of the molecule is CCOC(=O)OC[C@H]1O[C@@H](c2ccccc2)C(O)[C@@H](O)C1O.CCOC(=O)OC[C@H]1O[C@@H](c2ccccc2)C(O[Si](c2ccccc2)(c2ccccc2)C(C)(C)C)[C@@H](O)C1C. The van der Waals surface area contributed by atoms with Crippen LogP contribution in [0.2, 0.25) is 5.04 Å². The first-order chi connectivity index (χ1) is 29.2. The average Bonchev–Trinajstić information content (AvgIpc) is 3.26. The highest BCUT2D eigenvalue weighted by molar-refractivity contribution is 6.99. The molecule has 2 fully saturated rings. The van der Waals surface area contributed by atoms with Gasteiger partial charge in [-0.25, -0.2) is 9.59 Å². The molecule has 0 spiro atoms. The molecule has 2 aliphatic heterocycles. The van der Waals surface area contributed by atoms with Crippen LogP contribution in [-0.4, -0.2) is 110 Å². The fourth-order valence-electron chi connectivity index (χ4n) is 7.84. The van der Waals surface area contributed by atoms with Crippen molar-refractivity contribution in [2.75, 3.05) is 26.4 Å². The maximum Gasteiger partial charge on any atom is 0.508 e. The summed E-state index contributed by atoms with van der Waals surface area (Å²) in [6, 6.07) is 39.4. The highest BCUT2D eigenvalue weighted by Crippen LogP contribution is 2.44. The third-order valence-electron chi connectivity index (χ3n) is 11.0. The predicted molar refractivity (Wildman–Crippen MR) is 230 cm³/mol. The molecule has 6 rings (SSSR count). The van der Waals surface area contributed by atoms with Crippen LogP contribution >= 0.6 is 0 Å². The predicted octanol–water partition coefficient (Wildman–Crippen LogP) is 5.62. The molecule has 0 bridgehead atoms. The van der Waals surface area contributed by atoms with Crippen molar-refractivity contribution in [3.8, 4) is 0 Å². The lowest BCUT2D eigenvalue weighted by molar-refractivity contribution is -0.232. The number of benzene rings is 4. The first-order valence-electron chi connectivity index (χ1n) is 20.7. The molecule has 2 aliphatic rings. The molecule has 10 atom stereocenters. The minimum atomic E-state index is -3.00. The van der Waals surface area contributed by atoms with Crippen LogP contribution in [0.25, 0.3) is 0 Å². The van der Waals surface area contributed by atoms with Gasteiger partial charge in [-0.2, -0.15) is 0 Å². The molecule has 4 aromatic rings. The van der Waals surface area contributed by atoms with E-state index in [0.29, 0.717) is 5.56 Å². The van der Waals surface area contributed by atoms with Crippen molar-refractivity contribution in [3.05, 3.63) is 132 Å². The van der Waals surface area contributed by atoms with Gasteiger partial charge in [-0.1, -0.05) is 149 Å². The maximum absolute atomic E-state index is 11.9. The van der Waals surface area contributed by atoms with Gasteiger partial charge in [0.15, 0.2) is 0 Å². The first-order valence-corrected chi connectivity index (χ1v) is 22.6. The van der Waals surface area contributed by atoms with E-state index >= 15 is 0 Å². The largest absolute Gasteiger partial charge is 0.508 e. The number of carbonyl (C=O) groups is 2. The summed E-state index contributed by atoms with van der Waals surface area (Å²) in [6.45, 7) is 12.0. The van der Waals surface area contributed by atoms with Gasteiger partial charge in [0.2, 0.25) is 0 Å². The molecule has 4 unspecified atom stereocenters. The number of hydrogen-bond donors (Lipinski definition) is 4. The molecule has 14 heteroatoms. The molecule has 0 aromatic heterocycles. The van der Waals surface area contributed by atoms with E-state index in [9.17, 15) is 30.0 Å². The van der Waals surface area contributed by atoms with Gasteiger partial charge < -0.3 is 53.3 Å². The lowest BCUT2D eigenvalue weighted by atomic mass is 9.86. The minimum absolute atomic E-state index is 0.0215. The monoisotopic (exact) mass is 860 g/mol. The molecular formula is C47H60O13Si. The van der Waals surface area contributed by atoms with Crippen molar-refractivity contribution < 1.29 is 62.9 Å². The van der Waals surface area contributed by atoms with Gasteiger partial charge in [0, 0.05) is 5.92 Å². The molecular weight excluding hydrogens is 801 g/mol. The summed E-state index contributed by atoms with van der Waals surface area (Å²) in [5.74, 6) is -0.359. The Kier molecular flexibility index (Phi) is 17.0. The van der Waals surface area contributed by atoms with E-state index in [-0.39, 0.29) is 37.4 Å². The number of aliphatic hydroxyl groups is 4. The van der Waals surface area contributed by atoms with Crippen LogP contribution in [0.3, 0.4) is 0 Å². The van der Waals surface area contributed by atoms with Crippen molar-refractivity contribution in [2.45, 2.75) is 102 Å². The highest BCUT2D eigenvalue weighted by Gasteiger charge is 2.56. The van der Waals surface area contributed by atoms with E-state index in [0.717, 1.165) is 15.9 Å². The molecule has 330 valence electrons. The third kappa shape index (κ3) is 11.4. The summed E-state index contributed by atoms with van der Waals surface area (Å²) in [5.41, 5.74) is 1.55. The first kappa shape index (κ1) is 47.4. The Morgan fingerprint density at radius 2 is 0.967 bits per heavy atom. The number of rotatable bonds is 12. The zero-order valence-electron chi connectivity index (χ0n) is 35.6. The lowest BCUT2D eigenvalue weighted by Crippen LogP contribution is -2.70. The van der Waals surface area contributed by atoms with Gasteiger partial charge in [0.05, 0.1) is 25.4 Å². The van der Waals surface area contributed by atoms with E-state index in [1.807, 2.05) is 79.7 Å². The lowest BCUT2D eigenvalue weighted by Gasteiger charge is -2.51. The summed E-state index contributed by atoms with van der Waals surface area (Å²) < 4.78 is 39.3. The second-order valence-corrected chi connectivity index (χ2v) is 20.3. The van der Waals surface area contributed by atoms with Crippen LogP contribution < -0.4 is 10.4 Å². The summed E-state index contributed by atoms with van der Waals surface area (Å²) in [5, 5.41) is 43.8. The zero-order chi connectivity index (χ0) is 44.2. The van der Waals surface area contributed by atoms with Crippen molar-refractivity contribution in [1.29, 1.82) is 0 Å². The topological polar surface area (TPSA) is 180 Å². The Morgan fingerprint density at radius 1 is 0.557 bits per heavy atom. The molecule has 0 amide bonds. The summed E-state index contributed by atoms with van der Waals surface area (Å²) >= 11 is 0. The molecule has 4 aromatic carbocycles. The number of carbonyl (C=O) groups excluding carboxylic acids is 2. The van der Waals surface area contributed by atoms with E-state index < -0.39 is 75.6 Å². The Bertz CT molecular complexity index is 1880. The highest BCUT2D eigenvalue weighted by atomic mass is 28.4. The Balaban J connectivity index is 0.000000271. The standard InChI is InChI=1S/C32H40O6Si.C15H20O7/c1-6-35-31(34)36-22-27-23(2)28(33)30(29(37-27)24-16-10-7-11-17-24)38-39(32(3,4)5,25-18-12-8-13-19-25)26-20-14-9-15-21-26;1-2-20-15(19)21-8-10-11(16)12(17)13(18)14(22-10)9-6-4-3-5-7-9/h7-21,23,27-30,33H,6,22H2,1-5H3;3-7,10-14,16-18H,2,8H2,1H3/t23?,27-,28+,29+,30?;10-,11?,12+,13?,14+/m11/s1. The third-order valence-corrected chi connectivity index (χ3v) is 16.1. The van der Waals surface area contributed by atoms with Crippen LogP contribution in [0.4, 0.5) is 9.59 Å². The van der Waals surface area contributed by atoms with Gasteiger partial charge in [-0.15, -0.1) is 0 Å². The summed E-state index contributed by atoms with van der Waals surface area (Å²) in [6.07, 6.45) is -10.1. The quantitative estimate of drug-likeness (QED) is 0.102. The van der Waals surface area contributed by atoms with Crippen molar-refractivity contribution >= 4 is 31.0 Å². The van der Waals surface area contributed by atoms with Crippen LogP contribution in [-0.2, 0) is 32.8 Å². The van der Waals surface area contributed by atoms with Crippen molar-refractivity contribution in [3.63, 3.8) is 0 Å². The van der Waals surface area contributed by atoms with Gasteiger partial charge in [0.25, 0.3) is 8.32 Å². The van der Waals surface area contributed by atoms with E-state index in [1.165, 1.54) is 0 Å². The second kappa shape index (κ2) is 21.9. The minimum Gasteiger partial charge on any atom is -0.435 e. The average molecular weight is 861 g/mol. The summed E-state index contributed by atoms with van der Waals surface area (Å²) in [4.78, 5) is 23.1. The van der Waals surface area contributed by atoms with E-state index in [2.05, 4.69) is 49.8 Å². The summed E-state index contributed by atoms with van der Waals surface area (Å²) in [7, 11) is -3.00. The molecule has 0 aliphatic carbocycles. The fourth-order valence-corrected chi connectivity index (χ4v) is 12.5.